The molecule has 0 unspecified atom stereocenters. The second kappa shape index (κ2) is 6.80. The van der Waals surface area contributed by atoms with E-state index in [1.54, 1.807) is 12.1 Å². The highest BCUT2D eigenvalue weighted by Crippen LogP contribution is 2.13. The fraction of sp³-hybridized carbons (Fsp3) is 0.312. The molecule has 0 saturated carbocycles. The molecule has 2 rings (SSSR count). The van der Waals surface area contributed by atoms with Gasteiger partial charge < -0.3 is 14.5 Å². The van der Waals surface area contributed by atoms with Crippen LogP contribution in [0.15, 0.2) is 47.1 Å². The lowest BCUT2D eigenvalue weighted by Crippen LogP contribution is -2.22. The summed E-state index contributed by atoms with van der Waals surface area (Å²) >= 11 is 0. The molecule has 0 radical (unpaired) electrons. The van der Waals surface area contributed by atoms with E-state index in [0.29, 0.717) is 24.8 Å². The van der Waals surface area contributed by atoms with Crippen molar-refractivity contribution in [1.82, 2.24) is 5.32 Å². The van der Waals surface area contributed by atoms with Gasteiger partial charge in [-0.1, -0.05) is 26.0 Å². The molecule has 106 valence electrons. The van der Waals surface area contributed by atoms with Crippen LogP contribution in [0.4, 0.5) is 0 Å². The molecule has 1 heterocycles. The summed E-state index contributed by atoms with van der Waals surface area (Å²) in [7, 11) is 0. The molecule has 1 aromatic carbocycles. The average Bonchev–Trinajstić information content (AvgIpc) is 2.98. The van der Waals surface area contributed by atoms with Crippen LogP contribution < -0.4 is 10.1 Å². The van der Waals surface area contributed by atoms with Gasteiger partial charge in [0.25, 0.3) is 5.91 Å². The average molecular weight is 273 g/mol. The standard InChI is InChI=1S/C16H19NO3/c1-12(2)11-20-14-7-5-13(6-8-14)10-17-16(18)15-4-3-9-19-15/h3-9,12H,10-11H2,1-2H3,(H,17,18). The Kier molecular flexibility index (Phi) is 4.82. The Labute approximate surface area is 118 Å². The van der Waals surface area contributed by atoms with Gasteiger partial charge in [0.05, 0.1) is 12.9 Å². The van der Waals surface area contributed by atoms with Gasteiger partial charge in [0.15, 0.2) is 5.76 Å². The molecule has 4 nitrogen and oxygen atoms in total. The summed E-state index contributed by atoms with van der Waals surface area (Å²) in [6, 6.07) is 11.0. The molecule has 1 amide bonds. The maximum Gasteiger partial charge on any atom is 0.287 e. The Balaban J connectivity index is 1.83. The Bertz CT molecular complexity index is 529. The van der Waals surface area contributed by atoms with Crippen molar-refractivity contribution < 1.29 is 13.9 Å². The first-order valence-electron chi connectivity index (χ1n) is 6.68. The number of rotatable bonds is 6. The van der Waals surface area contributed by atoms with Crippen molar-refractivity contribution in [2.75, 3.05) is 6.61 Å². The normalized spacial score (nSPS) is 10.6. The van der Waals surface area contributed by atoms with Gasteiger partial charge in [0.1, 0.15) is 5.75 Å². The maximum absolute atomic E-state index is 11.7. The van der Waals surface area contributed by atoms with Crippen molar-refractivity contribution in [3.8, 4) is 5.75 Å². The van der Waals surface area contributed by atoms with E-state index >= 15 is 0 Å². The van der Waals surface area contributed by atoms with Crippen LogP contribution in [0, 0.1) is 5.92 Å². The zero-order chi connectivity index (χ0) is 14.4. The van der Waals surface area contributed by atoms with E-state index in [9.17, 15) is 4.79 Å². The Morgan fingerprint density at radius 2 is 2.00 bits per heavy atom. The van der Waals surface area contributed by atoms with Crippen molar-refractivity contribution in [3.05, 3.63) is 54.0 Å². The molecule has 0 bridgehead atoms. The number of benzene rings is 1. The van der Waals surface area contributed by atoms with Gasteiger partial charge in [-0.2, -0.15) is 0 Å². The second-order valence-corrected chi connectivity index (χ2v) is 5.01. The highest BCUT2D eigenvalue weighted by Gasteiger charge is 2.07. The summed E-state index contributed by atoms with van der Waals surface area (Å²) in [5, 5.41) is 2.80. The van der Waals surface area contributed by atoms with Crippen LogP contribution in [-0.2, 0) is 6.54 Å². The van der Waals surface area contributed by atoms with Gasteiger partial charge in [0, 0.05) is 6.54 Å². The number of nitrogens with one attached hydrogen (secondary N) is 1. The van der Waals surface area contributed by atoms with E-state index < -0.39 is 0 Å². The number of furan rings is 1. The van der Waals surface area contributed by atoms with Gasteiger partial charge in [-0.15, -0.1) is 0 Å². The fourth-order valence-electron chi connectivity index (χ4n) is 1.64. The molecule has 0 aliphatic rings. The lowest BCUT2D eigenvalue weighted by molar-refractivity contribution is 0.0923. The van der Waals surface area contributed by atoms with Crippen LogP contribution in [0.1, 0.15) is 30.0 Å². The summed E-state index contributed by atoms with van der Waals surface area (Å²) in [5.41, 5.74) is 1.02. The van der Waals surface area contributed by atoms with Crippen LogP contribution >= 0.6 is 0 Å². The van der Waals surface area contributed by atoms with Crippen molar-refractivity contribution >= 4 is 5.91 Å². The highest BCUT2D eigenvalue weighted by atomic mass is 16.5. The van der Waals surface area contributed by atoms with Gasteiger partial charge in [-0.3, -0.25) is 4.79 Å². The van der Waals surface area contributed by atoms with E-state index in [0.717, 1.165) is 11.3 Å². The summed E-state index contributed by atoms with van der Waals surface area (Å²) in [5.74, 6) is 1.46. The van der Waals surface area contributed by atoms with E-state index in [-0.39, 0.29) is 5.91 Å². The topological polar surface area (TPSA) is 51.5 Å². The van der Waals surface area contributed by atoms with Crippen molar-refractivity contribution in [2.24, 2.45) is 5.92 Å². The van der Waals surface area contributed by atoms with Crippen molar-refractivity contribution in [2.45, 2.75) is 20.4 Å². The highest BCUT2D eigenvalue weighted by molar-refractivity contribution is 5.91. The molecule has 0 atom stereocenters. The number of amides is 1. The summed E-state index contributed by atoms with van der Waals surface area (Å²) < 4.78 is 10.6. The number of carbonyl (C=O) groups is 1. The van der Waals surface area contributed by atoms with Crippen molar-refractivity contribution in [3.63, 3.8) is 0 Å². The molecule has 0 spiro atoms. The van der Waals surface area contributed by atoms with E-state index in [2.05, 4.69) is 19.2 Å². The minimum Gasteiger partial charge on any atom is -0.493 e. The van der Waals surface area contributed by atoms with Gasteiger partial charge in [0.2, 0.25) is 0 Å². The van der Waals surface area contributed by atoms with Crippen LogP contribution in [0.2, 0.25) is 0 Å². The quantitative estimate of drug-likeness (QED) is 0.879. The lowest BCUT2D eigenvalue weighted by Gasteiger charge is -2.09. The Morgan fingerprint density at radius 3 is 2.60 bits per heavy atom. The third-order valence-electron chi connectivity index (χ3n) is 2.70. The number of hydrogen-bond acceptors (Lipinski definition) is 3. The first-order chi connectivity index (χ1) is 9.65. The zero-order valence-electron chi connectivity index (χ0n) is 11.8. The third-order valence-corrected chi connectivity index (χ3v) is 2.70. The summed E-state index contributed by atoms with van der Waals surface area (Å²) in [6.45, 7) is 5.38. The van der Waals surface area contributed by atoms with Crippen LogP contribution in [0.5, 0.6) is 5.75 Å². The summed E-state index contributed by atoms with van der Waals surface area (Å²) in [6.07, 6.45) is 1.48. The fourth-order valence-corrected chi connectivity index (χ4v) is 1.64. The van der Waals surface area contributed by atoms with Crippen molar-refractivity contribution in [1.29, 1.82) is 0 Å². The molecule has 1 N–H and O–H groups in total. The molecule has 4 heteroatoms. The van der Waals surface area contributed by atoms with Crippen LogP contribution in [0.25, 0.3) is 0 Å². The molecule has 1 aromatic heterocycles. The monoisotopic (exact) mass is 273 g/mol. The zero-order valence-corrected chi connectivity index (χ0v) is 11.8. The second-order valence-electron chi connectivity index (χ2n) is 5.01. The van der Waals surface area contributed by atoms with E-state index in [4.69, 9.17) is 9.15 Å². The lowest BCUT2D eigenvalue weighted by atomic mass is 10.2. The largest absolute Gasteiger partial charge is 0.493 e. The van der Waals surface area contributed by atoms with E-state index in [1.807, 2.05) is 24.3 Å². The number of ether oxygens (including phenoxy) is 1. The molecular formula is C16H19NO3. The van der Waals surface area contributed by atoms with Gasteiger partial charge in [-0.25, -0.2) is 0 Å². The predicted octanol–water partition coefficient (Wildman–Crippen LogP) is 3.24. The third kappa shape index (κ3) is 4.16. The molecular weight excluding hydrogens is 254 g/mol. The Morgan fingerprint density at radius 1 is 1.25 bits per heavy atom. The number of carbonyl (C=O) groups excluding carboxylic acids is 1. The summed E-state index contributed by atoms with van der Waals surface area (Å²) in [4.78, 5) is 11.7. The number of hydrogen-bond donors (Lipinski definition) is 1. The van der Waals surface area contributed by atoms with Gasteiger partial charge >= 0.3 is 0 Å². The van der Waals surface area contributed by atoms with E-state index in [1.165, 1.54) is 6.26 Å². The van der Waals surface area contributed by atoms with Gasteiger partial charge in [-0.05, 0) is 35.7 Å². The molecule has 2 aromatic rings. The molecule has 20 heavy (non-hydrogen) atoms. The molecule has 0 aliphatic heterocycles. The van der Waals surface area contributed by atoms with Crippen LogP contribution in [-0.4, -0.2) is 12.5 Å². The Hall–Kier alpha value is -2.23. The first-order valence-corrected chi connectivity index (χ1v) is 6.68. The predicted molar refractivity (Wildman–Crippen MR) is 76.7 cm³/mol. The minimum atomic E-state index is -0.213. The van der Waals surface area contributed by atoms with Crippen LogP contribution in [0.3, 0.4) is 0 Å². The first kappa shape index (κ1) is 14.2. The minimum absolute atomic E-state index is 0.213. The maximum atomic E-state index is 11.7. The SMILES string of the molecule is CC(C)COc1ccc(CNC(=O)c2ccco2)cc1. The molecule has 0 saturated heterocycles. The molecule has 0 aliphatic carbocycles. The smallest absolute Gasteiger partial charge is 0.287 e. The molecule has 0 fully saturated rings.